The van der Waals surface area contributed by atoms with Crippen LogP contribution in [0.1, 0.15) is 30.7 Å². The van der Waals surface area contributed by atoms with E-state index in [0.717, 1.165) is 12.8 Å². The first kappa shape index (κ1) is 11.9. The average molecular weight is 238 g/mol. The van der Waals surface area contributed by atoms with E-state index < -0.39 is 5.97 Å². The number of aliphatic carboxylic acids is 1. The van der Waals surface area contributed by atoms with Gasteiger partial charge in [0.15, 0.2) is 0 Å². The van der Waals surface area contributed by atoms with Gasteiger partial charge in [-0.3, -0.25) is 4.79 Å². The lowest BCUT2D eigenvalue weighted by atomic mass is 9.90. The molecule has 0 bridgehead atoms. The van der Waals surface area contributed by atoms with Crippen molar-refractivity contribution in [2.45, 2.75) is 25.2 Å². The fourth-order valence-corrected chi connectivity index (χ4v) is 2.21. The molecule has 1 aliphatic rings. The topological polar surface area (TPSA) is 46.5 Å². The van der Waals surface area contributed by atoms with Gasteiger partial charge in [-0.05, 0) is 37.0 Å². The maximum atomic E-state index is 13.3. The van der Waals surface area contributed by atoms with E-state index in [1.807, 2.05) is 0 Å². The summed E-state index contributed by atoms with van der Waals surface area (Å²) < 4.78 is 18.4. The number of hydrogen-bond acceptors (Lipinski definition) is 2. The first-order chi connectivity index (χ1) is 8.11. The van der Waals surface area contributed by atoms with E-state index in [1.54, 1.807) is 6.07 Å². The number of rotatable bonds is 5. The molecule has 1 N–H and O–H groups in total. The Morgan fingerprint density at radius 3 is 2.82 bits per heavy atom. The van der Waals surface area contributed by atoms with Crippen LogP contribution in [-0.4, -0.2) is 18.2 Å². The van der Waals surface area contributed by atoms with Crippen molar-refractivity contribution in [1.82, 2.24) is 0 Å². The number of carboxylic acid groups (broad SMARTS) is 1. The molecule has 4 heteroatoms. The molecule has 0 heterocycles. The Balaban J connectivity index is 2.33. The fourth-order valence-electron chi connectivity index (χ4n) is 2.21. The van der Waals surface area contributed by atoms with Gasteiger partial charge in [0.05, 0.1) is 13.5 Å². The first-order valence-electron chi connectivity index (χ1n) is 5.67. The summed E-state index contributed by atoms with van der Waals surface area (Å²) in [7, 11) is 1.52. The van der Waals surface area contributed by atoms with Crippen LogP contribution in [-0.2, 0) is 4.79 Å². The zero-order valence-electron chi connectivity index (χ0n) is 9.65. The Kier molecular flexibility index (Phi) is 3.31. The van der Waals surface area contributed by atoms with Gasteiger partial charge in [0.25, 0.3) is 0 Å². The van der Waals surface area contributed by atoms with E-state index >= 15 is 0 Å². The second-order valence-corrected chi connectivity index (χ2v) is 4.43. The number of carboxylic acids is 1. The quantitative estimate of drug-likeness (QED) is 0.858. The number of methoxy groups -OCH3 is 1. The van der Waals surface area contributed by atoms with Crippen molar-refractivity contribution in [3.05, 3.63) is 29.6 Å². The fraction of sp³-hybridized carbons (Fsp3) is 0.462. The predicted octanol–water partition coefficient (Wildman–Crippen LogP) is 2.80. The van der Waals surface area contributed by atoms with Crippen LogP contribution in [0.2, 0.25) is 0 Å². The van der Waals surface area contributed by atoms with Crippen LogP contribution in [0.4, 0.5) is 4.39 Å². The molecule has 17 heavy (non-hydrogen) atoms. The van der Waals surface area contributed by atoms with Crippen molar-refractivity contribution >= 4 is 5.97 Å². The molecule has 1 atom stereocenters. The molecule has 0 spiro atoms. The van der Waals surface area contributed by atoms with Gasteiger partial charge in [0.2, 0.25) is 0 Å². The zero-order valence-corrected chi connectivity index (χ0v) is 9.65. The third kappa shape index (κ3) is 2.75. The van der Waals surface area contributed by atoms with Crippen LogP contribution >= 0.6 is 0 Å². The van der Waals surface area contributed by atoms with Gasteiger partial charge < -0.3 is 9.84 Å². The van der Waals surface area contributed by atoms with Crippen LogP contribution in [0.3, 0.4) is 0 Å². The second kappa shape index (κ2) is 4.73. The monoisotopic (exact) mass is 238 g/mol. The minimum Gasteiger partial charge on any atom is -0.496 e. The maximum Gasteiger partial charge on any atom is 0.303 e. The Hall–Kier alpha value is -1.58. The third-order valence-corrected chi connectivity index (χ3v) is 3.18. The average Bonchev–Trinajstić information content (AvgIpc) is 3.09. The summed E-state index contributed by atoms with van der Waals surface area (Å²) in [6.07, 6.45) is 2.06. The number of halogens is 1. The first-order valence-corrected chi connectivity index (χ1v) is 5.67. The molecule has 1 aliphatic carbocycles. The lowest BCUT2D eigenvalue weighted by Gasteiger charge is -2.17. The van der Waals surface area contributed by atoms with Gasteiger partial charge in [0.1, 0.15) is 11.6 Å². The Morgan fingerprint density at radius 2 is 2.29 bits per heavy atom. The molecule has 0 saturated heterocycles. The van der Waals surface area contributed by atoms with E-state index in [9.17, 15) is 9.18 Å². The van der Waals surface area contributed by atoms with Crippen LogP contribution in [0.5, 0.6) is 5.75 Å². The Morgan fingerprint density at radius 1 is 1.59 bits per heavy atom. The highest BCUT2D eigenvalue weighted by molar-refractivity contribution is 5.68. The molecule has 0 aromatic heterocycles. The van der Waals surface area contributed by atoms with Crippen molar-refractivity contribution in [1.29, 1.82) is 0 Å². The maximum absolute atomic E-state index is 13.3. The second-order valence-electron chi connectivity index (χ2n) is 4.43. The molecule has 0 aliphatic heterocycles. The van der Waals surface area contributed by atoms with Gasteiger partial charge in [-0.1, -0.05) is 0 Å². The van der Waals surface area contributed by atoms with Gasteiger partial charge >= 0.3 is 5.97 Å². The minimum atomic E-state index is -0.854. The summed E-state index contributed by atoms with van der Waals surface area (Å²) >= 11 is 0. The molecule has 1 saturated carbocycles. The summed E-state index contributed by atoms with van der Waals surface area (Å²) in [6, 6.07) is 4.28. The number of benzene rings is 1. The van der Waals surface area contributed by atoms with Crippen LogP contribution < -0.4 is 4.74 Å². The summed E-state index contributed by atoms with van der Waals surface area (Å²) in [5, 5.41) is 8.92. The lowest BCUT2D eigenvalue weighted by Crippen LogP contribution is -2.10. The molecular formula is C13H15FO3. The van der Waals surface area contributed by atoms with E-state index in [1.165, 1.54) is 19.2 Å². The van der Waals surface area contributed by atoms with E-state index in [0.29, 0.717) is 17.2 Å². The smallest absolute Gasteiger partial charge is 0.303 e. The summed E-state index contributed by atoms with van der Waals surface area (Å²) in [6.45, 7) is 0. The predicted molar refractivity (Wildman–Crippen MR) is 60.7 cm³/mol. The van der Waals surface area contributed by atoms with Gasteiger partial charge in [0, 0.05) is 11.5 Å². The number of hydrogen-bond donors (Lipinski definition) is 1. The molecule has 0 radical (unpaired) electrons. The highest BCUT2D eigenvalue weighted by Gasteiger charge is 2.35. The normalized spacial score (nSPS) is 16.6. The molecule has 0 amide bonds. The van der Waals surface area contributed by atoms with Gasteiger partial charge in [-0.15, -0.1) is 0 Å². The van der Waals surface area contributed by atoms with E-state index in [4.69, 9.17) is 9.84 Å². The highest BCUT2D eigenvalue weighted by Crippen LogP contribution is 2.47. The van der Waals surface area contributed by atoms with Crippen molar-refractivity contribution in [2.75, 3.05) is 7.11 Å². The molecule has 2 rings (SSSR count). The lowest BCUT2D eigenvalue weighted by molar-refractivity contribution is -0.137. The highest BCUT2D eigenvalue weighted by atomic mass is 19.1. The number of carbonyl (C=O) groups is 1. The summed E-state index contributed by atoms with van der Waals surface area (Å²) in [5.41, 5.74) is 0.678. The largest absolute Gasteiger partial charge is 0.496 e. The van der Waals surface area contributed by atoms with Crippen LogP contribution in [0, 0.1) is 11.7 Å². The molecule has 1 unspecified atom stereocenters. The van der Waals surface area contributed by atoms with Crippen molar-refractivity contribution < 1.29 is 19.0 Å². The van der Waals surface area contributed by atoms with Gasteiger partial charge in [-0.25, -0.2) is 4.39 Å². The van der Waals surface area contributed by atoms with Crippen molar-refractivity contribution in [3.63, 3.8) is 0 Å². The molecular weight excluding hydrogens is 223 g/mol. The van der Waals surface area contributed by atoms with E-state index in [2.05, 4.69) is 0 Å². The molecule has 1 fully saturated rings. The molecule has 1 aromatic rings. The summed E-state index contributed by atoms with van der Waals surface area (Å²) in [4.78, 5) is 10.9. The summed E-state index contributed by atoms with van der Waals surface area (Å²) in [5.74, 6) is -0.422. The zero-order chi connectivity index (χ0) is 12.4. The standard InChI is InChI=1S/C13H15FO3/c1-17-12-5-4-9(14)6-11(12)10(7-13(15)16)8-2-3-8/h4-6,8,10H,2-3,7H2,1H3,(H,15,16). The Labute approximate surface area is 99.2 Å². The van der Waals surface area contributed by atoms with Crippen molar-refractivity contribution in [2.24, 2.45) is 5.92 Å². The van der Waals surface area contributed by atoms with Crippen LogP contribution in [0.15, 0.2) is 18.2 Å². The van der Waals surface area contributed by atoms with Gasteiger partial charge in [-0.2, -0.15) is 0 Å². The number of ether oxygens (including phenoxy) is 1. The third-order valence-electron chi connectivity index (χ3n) is 3.18. The molecule has 92 valence electrons. The minimum absolute atomic E-state index is 0.0322. The van der Waals surface area contributed by atoms with Crippen LogP contribution in [0.25, 0.3) is 0 Å². The van der Waals surface area contributed by atoms with E-state index in [-0.39, 0.29) is 18.2 Å². The SMILES string of the molecule is COc1ccc(F)cc1C(CC(=O)O)C1CC1. The van der Waals surface area contributed by atoms with Crippen molar-refractivity contribution in [3.8, 4) is 5.75 Å². The molecule has 3 nitrogen and oxygen atoms in total. The Bertz CT molecular complexity index is 427. The molecule has 1 aromatic carbocycles.